The molecule has 7 heteroatoms. The van der Waals surface area contributed by atoms with Crippen LogP contribution >= 0.6 is 15.9 Å². The fraction of sp³-hybridized carbons (Fsp3) is 0.188. The fourth-order valence-electron chi connectivity index (χ4n) is 2.25. The number of ether oxygens (including phenoxy) is 1. The molecule has 0 unspecified atom stereocenters. The van der Waals surface area contributed by atoms with E-state index >= 15 is 0 Å². The van der Waals surface area contributed by atoms with Crippen molar-refractivity contribution in [3.63, 3.8) is 0 Å². The van der Waals surface area contributed by atoms with Crippen molar-refractivity contribution in [2.75, 3.05) is 6.61 Å². The van der Waals surface area contributed by atoms with Gasteiger partial charge in [-0.1, -0.05) is 0 Å². The SMILES string of the molecule is CCOc1ccc(-c2nn3cc(C(F)(F)F)ccc3c2Br)cc1. The van der Waals surface area contributed by atoms with E-state index in [0.717, 1.165) is 23.6 Å². The molecule has 0 amide bonds. The van der Waals surface area contributed by atoms with Crippen LogP contribution in [-0.2, 0) is 6.18 Å². The van der Waals surface area contributed by atoms with Gasteiger partial charge in [-0.2, -0.15) is 18.3 Å². The van der Waals surface area contributed by atoms with E-state index in [4.69, 9.17) is 4.74 Å². The van der Waals surface area contributed by atoms with Gasteiger partial charge >= 0.3 is 6.18 Å². The first-order valence-corrected chi connectivity index (χ1v) is 7.67. The van der Waals surface area contributed by atoms with Gasteiger partial charge in [0.15, 0.2) is 0 Å². The van der Waals surface area contributed by atoms with Crippen molar-refractivity contribution in [3.8, 4) is 17.0 Å². The monoisotopic (exact) mass is 384 g/mol. The average Bonchev–Trinajstić information content (AvgIpc) is 2.84. The Bertz CT molecular complexity index is 841. The first kappa shape index (κ1) is 15.9. The summed E-state index contributed by atoms with van der Waals surface area (Å²) < 4.78 is 45.6. The van der Waals surface area contributed by atoms with Crippen LogP contribution in [-0.4, -0.2) is 16.2 Å². The Labute approximate surface area is 138 Å². The molecule has 1 aromatic carbocycles. The van der Waals surface area contributed by atoms with Crippen LogP contribution in [0.3, 0.4) is 0 Å². The fourth-order valence-corrected chi connectivity index (χ4v) is 2.87. The second-order valence-corrected chi connectivity index (χ2v) is 5.66. The lowest BCUT2D eigenvalue weighted by molar-refractivity contribution is -0.137. The lowest BCUT2D eigenvalue weighted by Gasteiger charge is -2.05. The first-order valence-electron chi connectivity index (χ1n) is 6.88. The highest BCUT2D eigenvalue weighted by molar-refractivity contribution is 9.10. The summed E-state index contributed by atoms with van der Waals surface area (Å²) in [5, 5.41) is 4.26. The van der Waals surface area contributed by atoms with Gasteiger partial charge in [0.05, 0.1) is 22.2 Å². The molecule has 2 heterocycles. The summed E-state index contributed by atoms with van der Waals surface area (Å²) in [6.45, 7) is 2.46. The highest BCUT2D eigenvalue weighted by Gasteiger charge is 2.31. The predicted octanol–water partition coefficient (Wildman–Crippen LogP) is 5.18. The summed E-state index contributed by atoms with van der Waals surface area (Å²) in [7, 11) is 0. The molecule has 3 rings (SSSR count). The number of halogens is 4. The van der Waals surface area contributed by atoms with Crippen LogP contribution in [0, 0.1) is 0 Å². The number of hydrogen-bond acceptors (Lipinski definition) is 2. The third-order valence-electron chi connectivity index (χ3n) is 3.34. The van der Waals surface area contributed by atoms with Gasteiger partial charge in [-0.3, -0.25) is 0 Å². The maximum atomic E-state index is 12.8. The van der Waals surface area contributed by atoms with Gasteiger partial charge in [0, 0.05) is 11.8 Å². The molecule has 0 saturated heterocycles. The van der Waals surface area contributed by atoms with E-state index in [1.165, 1.54) is 10.6 Å². The normalized spacial score (nSPS) is 11.9. The Morgan fingerprint density at radius 1 is 1.13 bits per heavy atom. The van der Waals surface area contributed by atoms with E-state index in [1.807, 2.05) is 19.1 Å². The van der Waals surface area contributed by atoms with E-state index in [0.29, 0.717) is 22.3 Å². The summed E-state index contributed by atoms with van der Waals surface area (Å²) in [5.41, 5.74) is 1.20. The minimum atomic E-state index is -4.40. The quantitative estimate of drug-likeness (QED) is 0.621. The molecule has 0 atom stereocenters. The van der Waals surface area contributed by atoms with Crippen molar-refractivity contribution >= 4 is 21.4 Å². The first-order chi connectivity index (χ1) is 10.9. The molecule has 0 aliphatic carbocycles. The Morgan fingerprint density at radius 3 is 2.43 bits per heavy atom. The second-order valence-electron chi connectivity index (χ2n) is 4.87. The Morgan fingerprint density at radius 2 is 1.83 bits per heavy atom. The van der Waals surface area contributed by atoms with Crippen LogP contribution < -0.4 is 4.74 Å². The van der Waals surface area contributed by atoms with E-state index in [9.17, 15) is 13.2 Å². The molecule has 0 aliphatic rings. The number of rotatable bonds is 3. The van der Waals surface area contributed by atoms with Crippen molar-refractivity contribution < 1.29 is 17.9 Å². The largest absolute Gasteiger partial charge is 0.494 e. The van der Waals surface area contributed by atoms with Gasteiger partial charge in [0.25, 0.3) is 0 Å². The average molecular weight is 385 g/mol. The van der Waals surface area contributed by atoms with Crippen molar-refractivity contribution in [2.45, 2.75) is 13.1 Å². The zero-order valence-electron chi connectivity index (χ0n) is 12.1. The van der Waals surface area contributed by atoms with Crippen LogP contribution in [0.15, 0.2) is 47.1 Å². The molecule has 0 N–H and O–H groups in total. The van der Waals surface area contributed by atoms with Crippen molar-refractivity contribution in [1.82, 2.24) is 9.61 Å². The lowest BCUT2D eigenvalue weighted by atomic mass is 10.1. The van der Waals surface area contributed by atoms with Gasteiger partial charge in [-0.15, -0.1) is 0 Å². The highest BCUT2D eigenvalue weighted by Crippen LogP contribution is 2.34. The van der Waals surface area contributed by atoms with E-state index in [-0.39, 0.29) is 0 Å². The van der Waals surface area contributed by atoms with E-state index in [1.54, 1.807) is 12.1 Å². The number of nitrogens with zero attached hydrogens (tertiary/aromatic N) is 2. The molecule has 0 fully saturated rings. The zero-order valence-corrected chi connectivity index (χ0v) is 13.6. The molecule has 3 aromatic rings. The topological polar surface area (TPSA) is 26.5 Å². The molecule has 3 nitrogen and oxygen atoms in total. The number of benzene rings is 1. The standard InChI is InChI=1S/C16H12BrF3N2O/c1-2-23-12-6-3-10(4-7-12)15-14(17)13-8-5-11(16(18,19)20)9-22(13)21-15/h3-9H,2H2,1H3. The summed E-state index contributed by atoms with van der Waals surface area (Å²) in [4.78, 5) is 0. The third-order valence-corrected chi connectivity index (χ3v) is 4.12. The summed E-state index contributed by atoms with van der Waals surface area (Å²) in [5.74, 6) is 0.732. The molecule has 0 radical (unpaired) electrons. The molecule has 2 aromatic heterocycles. The van der Waals surface area contributed by atoms with E-state index < -0.39 is 11.7 Å². The smallest absolute Gasteiger partial charge is 0.417 e. The second kappa shape index (κ2) is 5.88. The Balaban J connectivity index is 2.06. The molecular weight excluding hydrogens is 373 g/mol. The Kier molecular flexibility index (Phi) is 4.06. The number of fused-ring (bicyclic) bond motifs is 1. The van der Waals surface area contributed by atoms with Crippen molar-refractivity contribution in [3.05, 3.63) is 52.6 Å². The van der Waals surface area contributed by atoms with Crippen LogP contribution in [0.25, 0.3) is 16.8 Å². The van der Waals surface area contributed by atoms with Gasteiger partial charge in [0.1, 0.15) is 11.4 Å². The van der Waals surface area contributed by atoms with Gasteiger partial charge < -0.3 is 4.74 Å². The van der Waals surface area contributed by atoms with Gasteiger partial charge in [-0.05, 0) is 59.3 Å². The molecule has 120 valence electrons. The van der Waals surface area contributed by atoms with Crippen LogP contribution in [0.5, 0.6) is 5.75 Å². The maximum Gasteiger partial charge on any atom is 0.417 e. The maximum absolute atomic E-state index is 12.8. The zero-order chi connectivity index (χ0) is 16.6. The number of aromatic nitrogens is 2. The summed E-state index contributed by atoms with van der Waals surface area (Å²) >= 11 is 3.42. The lowest BCUT2D eigenvalue weighted by Crippen LogP contribution is -2.06. The van der Waals surface area contributed by atoms with E-state index in [2.05, 4.69) is 21.0 Å². The molecule has 0 spiro atoms. The van der Waals surface area contributed by atoms with Crippen LogP contribution in [0.4, 0.5) is 13.2 Å². The highest BCUT2D eigenvalue weighted by atomic mass is 79.9. The molecule has 0 bridgehead atoms. The molecule has 23 heavy (non-hydrogen) atoms. The van der Waals surface area contributed by atoms with Crippen LogP contribution in [0.2, 0.25) is 0 Å². The number of alkyl halides is 3. The predicted molar refractivity (Wildman–Crippen MR) is 84.5 cm³/mol. The molecular formula is C16H12BrF3N2O. The minimum Gasteiger partial charge on any atom is -0.494 e. The minimum absolute atomic E-state index is 0.567. The van der Waals surface area contributed by atoms with Crippen molar-refractivity contribution in [2.24, 2.45) is 0 Å². The molecule has 0 aliphatic heterocycles. The number of pyridine rings is 1. The van der Waals surface area contributed by atoms with Gasteiger partial charge in [-0.25, -0.2) is 4.52 Å². The van der Waals surface area contributed by atoms with Crippen molar-refractivity contribution in [1.29, 1.82) is 0 Å². The van der Waals surface area contributed by atoms with Crippen LogP contribution in [0.1, 0.15) is 12.5 Å². The Hall–Kier alpha value is -2.02. The number of hydrogen-bond donors (Lipinski definition) is 0. The van der Waals surface area contributed by atoms with Gasteiger partial charge in [0.2, 0.25) is 0 Å². The molecule has 0 saturated carbocycles. The summed E-state index contributed by atoms with van der Waals surface area (Å²) in [6.07, 6.45) is -3.41. The third kappa shape index (κ3) is 3.06. The summed E-state index contributed by atoms with van der Waals surface area (Å²) in [6, 6.07) is 9.69.